The Hall–Kier alpha value is -1.40. The summed E-state index contributed by atoms with van der Waals surface area (Å²) in [5, 5.41) is 17.5. The van der Waals surface area contributed by atoms with Crippen LogP contribution in [0.1, 0.15) is 10.4 Å². The van der Waals surface area contributed by atoms with Crippen molar-refractivity contribution < 1.29 is 24.0 Å². The largest absolute Gasteiger partial charge is 0.496 e. The molecule has 0 fully saturated rings. The SMILES string of the molecule is COc1cc(B(O)O)c(F)cc1C=O. The second-order valence-corrected chi connectivity index (χ2v) is 2.61. The Morgan fingerprint density at radius 1 is 1.50 bits per heavy atom. The smallest absolute Gasteiger partial charge is 0.491 e. The molecule has 0 radical (unpaired) electrons. The Morgan fingerprint density at radius 3 is 2.57 bits per heavy atom. The van der Waals surface area contributed by atoms with Gasteiger partial charge in [0.2, 0.25) is 0 Å². The maximum atomic E-state index is 13.1. The van der Waals surface area contributed by atoms with E-state index in [9.17, 15) is 9.18 Å². The molecular formula is C8H8BFO4. The summed E-state index contributed by atoms with van der Waals surface area (Å²) in [4.78, 5) is 10.4. The van der Waals surface area contributed by atoms with Gasteiger partial charge >= 0.3 is 7.12 Å². The molecule has 0 aromatic heterocycles. The molecule has 0 aliphatic carbocycles. The van der Waals surface area contributed by atoms with E-state index in [1.165, 1.54) is 7.11 Å². The fourth-order valence-electron chi connectivity index (χ4n) is 1.05. The van der Waals surface area contributed by atoms with Crippen LogP contribution >= 0.6 is 0 Å². The first-order chi connectivity index (χ1) is 6.60. The number of carbonyl (C=O) groups is 1. The van der Waals surface area contributed by atoms with Gasteiger partial charge in [-0.2, -0.15) is 0 Å². The van der Waals surface area contributed by atoms with Crippen LogP contribution in [0.15, 0.2) is 12.1 Å². The third-order valence-corrected chi connectivity index (χ3v) is 1.75. The number of ether oxygens (including phenoxy) is 1. The van der Waals surface area contributed by atoms with Gasteiger partial charge in [-0.25, -0.2) is 4.39 Å². The number of carbonyl (C=O) groups excluding carboxylic acids is 1. The fraction of sp³-hybridized carbons (Fsp3) is 0.125. The lowest BCUT2D eigenvalue weighted by Crippen LogP contribution is -2.33. The van der Waals surface area contributed by atoms with E-state index in [-0.39, 0.29) is 16.8 Å². The number of aldehydes is 1. The molecule has 0 bridgehead atoms. The van der Waals surface area contributed by atoms with Crippen molar-refractivity contribution in [1.29, 1.82) is 0 Å². The van der Waals surface area contributed by atoms with Gasteiger partial charge in [0, 0.05) is 5.46 Å². The summed E-state index contributed by atoms with van der Waals surface area (Å²) in [6.45, 7) is 0. The zero-order valence-electron chi connectivity index (χ0n) is 7.40. The van der Waals surface area contributed by atoms with Crippen molar-refractivity contribution in [2.24, 2.45) is 0 Å². The highest BCUT2D eigenvalue weighted by Crippen LogP contribution is 2.15. The van der Waals surface area contributed by atoms with Crippen molar-refractivity contribution in [3.63, 3.8) is 0 Å². The van der Waals surface area contributed by atoms with E-state index in [0.717, 1.165) is 12.1 Å². The van der Waals surface area contributed by atoms with E-state index in [1.54, 1.807) is 0 Å². The van der Waals surface area contributed by atoms with Gasteiger partial charge in [-0.05, 0) is 12.1 Å². The minimum Gasteiger partial charge on any atom is -0.496 e. The third kappa shape index (κ3) is 1.91. The van der Waals surface area contributed by atoms with Gasteiger partial charge in [0.1, 0.15) is 11.6 Å². The van der Waals surface area contributed by atoms with Crippen molar-refractivity contribution >= 4 is 18.9 Å². The molecule has 6 heteroatoms. The predicted molar refractivity (Wildman–Crippen MR) is 48.2 cm³/mol. The van der Waals surface area contributed by atoms with Crippen LogP contribution in [0.4, 0.5) is 4.39 Å². The van der Waals surface area contributed by atoms with Gasteiger partial charge in [0.05, 0.1) is 12.7 Å². The topological polar surface area (TPSA) is 66.8 Å². The van der Waals surface area contributed by atoms with Crippen molar-refractivity contribution in [3.8, 4) is 5.75 Å². The minimum absolute atomic E-state index is 0.0226. The average molecular weight is 198 g/mol. The van der Waals surface area contributed by atoms with E-state index in [4.69, 9.17) is 14.8 Å². The molecule has 0 spiro atoms. The quantitative estimate of drug-likeness (QED) is 0.499. The second kappa shape index (κ2) is 4.21. The van der Waals surface area contributed by atoms with Crippen LogP contribution in [0.25, 0.3) is 0 Å². The van der Waals surface area contributed by atoms with Gasteiger partial charge in [0.15, 0.2) is 6.29 Å². The number of benzene rings is 1. The van der Waals surface area contributed by atoms with Crippen molar-refractivity contribution in [2.45, 2.75) is 0 Å². The van der Waals surface area contributed by atoms with E-state index in [2.05, 4.69) is 0 Å². The first-order valence-electron chi connectivity index (χ1n) is 3.79. The van der Waals surface area contributed by atoms with Gasteiger partial charge < -0.3 is 14.8 Å². The summed E-state index contributed by atoms with van der Waals surface area (Å²) in [7, 11) is -0.627. The molecule has 1 rings (SSSR count). The van der Waals surface area contributed by atoms with Crippen LogP contribution < -0.4 is 10.2 Å². The lowest BCUT2D eigenvalue weighted by molar-refractivity contribution is 0.112. The molecular weight excluding hydrogens is 190 g/mol. The second-order valence-electron chi connectivity index (χ2n) is 2.61. The number of hydrogen-bond acceptors (Lipinski definition) is 4. The Balaban J connectivity index is 3.30. The zero-order valence-corrected chi connectivity index (χ0v) is 7.40. The Kier molecular flexibility index (Phi) is 3.21. The van der Waals surface area contributed by atoms with Gasteiger partial charge in [-0.3, -0.25) is 4.79 Å². The van der Waals surface area contributed by atoms with Crippen LogP contribution in [-0.2, 0) is 0 Å². The fourth-order valence-corrected chi connectivity index (χ4v) is 1.05. The minimum atomic E-state index is -1.93. The number of halogens is 1. The number of hydrogen-bond donors (Lipinski definition) is 2. The Morgan fingerprint density at radius 2 is 2.14 bits per heavy atom. The molecule has 4 nitrogen and oxygen atoms in total. The average Bonchev–Trinajstić information content (AvgIpc) is 2.16. The molecule has 1 aromatic carbocycles. The maximum Gasteiger partial charge on any atom is 0.491 e. The van der Waals surface area contributed by atoms with E-state index >= 15 is 0 Å². The third-order valence-electron chi connectivity index (χ3n) is 1.75. The monoisotopic (exact) mass is 198 g/mol. The molecule has 0 heterocycles. The number of rotatable bonds is 3. The predicted octanol–water partition coefficient (Wildman–Crippen LogP) is -0.673. The molecule has 0 saturated heterocycles. The molecule has 14 heavy (non-hydrogen) atoms. The standard InChI is InChI=1S/C8H8BFO4/c1-14-8-3-6(9(12)13)7(10)2-5(8)4-11/h2-4,12-13H,1H3. The molecule has 0 amide bonds. The molecule has 2 N–H and O–H groups in total. The van der Waals surface area contributed by atoms with Crippen LogP contribution in [0.5, 0.6) is 5.75 Å². The highest BCUT2D eigenvalue weighted by Gasteiger charge is 2.19. The summed E-state index contributed by atoms with van der Waals surface area (Å²) in [6.07, 6.45) is 0.426. The van der Waals surface area contributed by atoms with Crippen LogP contribution in [0.2, 0.25) is 0 Å². The lowest BCUT2D eigenvalue weighted by atomic mass is 9.79. The van der Waals surface area contributed by atoms with Gasteiger partial charge in [-0.15, -0.1) is 0 Å². The molecule has 0 aliphatic rings. The zero-order chi connectivity index (χ0) is 10.7. The molecule has 1 aromatic rings. The molecule has 74 valence electrons. The molecule has 0 aliphatic heterocycles. The first-order valence-corrected chi connectivity index (χ1v) is 3.79. The van der Waals surface area contributed by atoms with Crippen molar-refractivity contribution in [3.05, 3.63) is 23.5 Å². The molecule has 0 saturated carbocycles. The summed E-state index contributed by atoms with van der Waals surface area (Å²) in [6, 6.07) is 1.96. The summed E-state index contributed by atoms with van der Waals surface area (Å²) >= 11 is 0. The lowest BCUT2D eigenvalue weighted by Gasteiger charge is -2.07. The number of methoxy groups -OCH3 is 1. The van der Waals surface area contributed by atoms with E-state index in [0.29, 0.717) is 6.29 Å². The highest BCUT2D eigenvalue weighted by molar-refractivity contribution is 6.58. The first kappa shape index (κ1) is 10.7. The van der Waals surface area contributed by atoms with Crippen molar-refractivity contribution in [2.75, 3.05) is 7.11 Å². The normalized spacial score (nSPS) is 9.71. The van der Waals surface area contributed by atoms with Gasteiger partial charge in [-0.1, -0.05) is 0 Å². The Labute approximate surface area is 80.1 Å². The summed E-state index contributed by atoms with van der Waals surface area (Å²) in [5.74, 6) is -0.757. The summed E-state index contributed by atoms with van der Waals surface area (Å²) < 4.78 is 17.8. The molecule has 0 unspecified atom stereocenters. The van der Waals surface area contributed by atoms with Crippen LogP contribution in [0.3, 0.4) is 0 Å². The maximum absolute atomic E-state index is 13.1. The summed E-state index contributed by atoms with van der Waals surface area (Å²) in [5.41, 5.74) is -0.304. The van der Waals surface area contributed by atoms with Crippen LogP contribution in [0, 0.1) is 5.82 Å². The van der Waals surface area contributed by atoms with E-state index in [1.807, 2.05) is 0 Å². The molecule has 0 atom stereocenters. The van der Waals surface area contributed by atoms with Gasteiger partial charge in [0.25, 0.3) is 0 Å². The van der Waals surface area contributed by atoms with Crippen LogP contribution in [-0.4, -0.2) is 30.6 Å². The van der Waals surface area contributed by atoms with Crippen molar-refractivity contribution in [1.82, 2.24) is 0 Å². The van der Waals surface area contributed by atoms with E-state index < -0.39 is 12.9 Å². The Bertz CT molecular complexity index is 353. The highest BCUT2D eigenvalue weighted by atomic mass is 19.1.